The first-order valence-corrected chi connectivity index (χ1v) is 10.0. The van der Waals surface area contributed by atoms with E-state index < -0.39 is 0 Å². The standard InChI is InChI=1S/C21H25N5O/c1-3-7-15(8-4-1)12-26-13-18-17(22-14-23-18)11-19(26)21-24-20(25-27-21)16-9-5-2-6-10-16/h2,5-6,9-10,14-15,19H,1,3-4,7-8,11-13H2,(H,22,23)/t19-/m0/s1. The lowest BCUT2D eigenvalue weighted by Crippen LogP contribution is -2.38. The van der Waals surface area contributed by atoms with Crippen LogP contribution in [0.5, 0.6) is 0 Å². The van der Waals surface area contributed by atoms with Gasteiger partial charge in [0.1, 0.15) is 0 Å². The topological polar surface area (TPSA) is 70.8 Å². The number of hydrogen-bond acceptors (Lipinski definition) is 5. The first kappa shape index (κ1) is 16.7. The van der Waals surface area contributed by atoms with E-state index in [2.05, 4.69) is 20.0 Å². The second-order valence-electron chi connectivity index (χ2n) is 7.80. The summed E-state index contributed by atoms with van der Waals surface area (Å²) in [5, 5.41) is 4.25. The van der Waals surface area contributed by atoms with Gasteiger partial charge in [-0.1, -0.05) is 54.8 Å². The van der Waals surface area contributed by atoms with Crippen molar-refractivity contribution in [1.29, 1.82) is 0 Å². The van der Waals surface area contributed by atoms with Crippen molar-refractivity contribution in [2.45, 2.75) is 51.1 Å². The Bertz CT molecular complexity index is 881. The highest BCUT2D eigenvalue weighted by atomic mass is 16.5. The first-order chi connectivity index (χ1) is 13.4. The number of hydrogen-bond donors (Lipinski definition) is 1. The summed E-state index contributed by atoms with van der Waals surface area (Å²) in [5.74, 6) is 2.14. The number of imidazole rings is 1. The molecule has 0 radical (unpaired) electrons. The lowest BCUT2D eigenvalue weighted by atomic mass is 9.88. The zero-order chi connectivity index (χ0) is 18.1. The van der Waals surface area contributed by atoms with Gasteiger partial charge in [-0.3, -0.25) is 4.90 Å². The second-order valence-corrected chi connectivity index (χ2v) is 7.80. The van der Waals surface area contributed by atoms with E-state index in [9.17, 15) is 0 Å². The van der Waals surface area contributed by atoms with E-state index >= 15 is 0 Å². The highest BCUT2D eigenvalue weighted by Crippen LogP contribution is 2.34. The first-order valence-electron chi connectivity index (χ1n) is 10.0. The van der Waals surface area contributed by atoms with E-state index in [4.69, 9.17) is 9.51 Å². The summed E-state index contributed by atoms with van der Waals surface area (Å²) in [7, 11) is 0. The lowest BCUT2D eigenvalue weighted by molar-refractivity contribution is 0.104. The predicted octanol–water partition coefficient (Wildman–Crippen LogP) is 4.14. The molecule has 1 fully saturated rings. The molecule has 0 saturated heterocycles. The summed E-state index contributed by atoms with van der Waals surface area (Å²) in [4.78, 5) is 15.1. The fourth-order valence-electron chi connectivity index (χ4n) is 4.50. The quantitative estimate of drug-likeness (QED) is 0.754. The molecule has 6 heteroatoms. The van der Waals surface area contributed by atoms with E-state index in [0.717, 1.165) is 36.7 Å². The van der Waals surface area contributed by atoms with Crippen molar-refractivity contribution >= 4 is 0 Å². The maximum Gasteiger partial charge on any atom is 0.244 e. The molecule has 0 bridgehead atoms. The van der Waals surface area contributed by atoms with Crippen LogP contribution in [0.1, 0.15) is 55.4 Å². The smallest absolute Gasteiger partial charge is 0.244 e. The van der Waals surface area contributed by atoms with Gasteiger partial charge in [0.25, 0.3) is 0 Å². The van der Waals surface area contributed by atoms with Crippen LogP contribution in [0.3, 0.4) is 0 Å². The number of nitrogens with zero attached hydrogens (tertiary/aromatic N) is 4. The molecular weight excluding hydrogens is 338 g/mol. The Morgan fingerprint density at radius 3 is 2.81 bits per heavy atom. The molecule has 27 heavy (non-hydrogen) atoms. The van der Waals surface area contributed by atoms with Crippen LogP contribution in [-0.2, 0) is 13.0 Å². The van der Waals surface area contributed by atoms with Crippen LogP contribution >= 0.6 is 0 Å². The highest BCUT2D eigenvalue weighted by Gasteiger charge is 2.34. The van der Waals surface area contributed by atoms with Crippen molar-refractivity contribution in [2.75, 3.05) is 6.54 Å². The van der Waals surface area contributed by atoms with E-state index in [1.165, 1.54) is 37.8 Å². The van der Waals surface area contributed by atoms with Crippen LogP contribution in [0.25, 0.3) is 11.4 Å². The third kappa shape index (κ3) is 3.41. The lowest BCUT2D eigenvalue weighted by Gasteiger charge is -2.36. The Morgan fingerprint density at radius 2 is 1.96 bits per heavy atom. The van der Waals surface area contributed by atoms with Crippen molar-refractivity contribution in [3.63, 3.8) is 0 Å². The van der Waals surface area contributed by atoms with Gasteiger partial charge in [0.05, 0.1) is 23.8 Å². The molecule has 1 N–H and O–H groups in total. The molecule has 0 amide bonds. The monoisotopic (exact) mass is 363 g/mol. The molecule has 3 aromatic rings. The van der Waals surface area contributed by atoms with Crippen LogP contribution in [-0.4, -0.2) is 31.6 Å². The summed E-state index contributed by atoms with van der Waals surface area (Å²) in [6.45, 7) is 1.96. The van der Waals surface area contributed by atoms with Gasteiger partial charge in [0, 0.05) is 25.1 Å². The van der Waals surface area contributed by atoms with Crippen LogP contribution in [0, 0.1) is 5.92 Å². The third-order valence-corrected chi connectivity index (χ3v) is 5.97. The summed E-state index contributed by atoms with van der Waals surface area (Å²) < 4.78 is 5.73. The van der Waals surface area contributed by atoms with Crippen molar-refractivity contribution < 1.29 is 4.52 Å². The van der Waals surface area contributed by atoms with Crippen molar-refractivity contribution in [3.8, 4) is 11.4 Å². The summed E-state index contributed by atoms with van der Waals surface area (Å²) in [6.07, 6.45) is 9.39. The molecule has 3 heterocycles. The Kier molecular flexibility index (Phi) is 4.49. The second kappa shape index (κ2) is 7.27. The molecule has 2 aromatic heterocycles. The van der Waals surface area contributed by atoms with Gasteiger partial charge < -0.3 is 9.51 Å². The Balaban J connectivity index is 1.42. The van der Waals surface area contributed by atoms with Gasteiger partial charge in [-0.2, -0.15) is 4.98 Å². The average Bonchev–Trinajstić information content (AvgIpc) is 3.38. The van der Waals surface area contributed by atoms with Crippen LogP contribution in [0.4, 0.5) is 0 Å². The molecular formula is C21H25N5O. The number of nitrogens with one attached hydrogen (secondary N) is 1. The van der Waals surface area contributed by atoms with Crippen molar-refractivity contribution in [3.05, 3.63) is 53.9 Å². The number of fused-ring (bicyclic) bond motifs is 1. The van der Waals surface area contributed by atoms with E-state index in [-0.39, 0.29) is 6.04 Å². The SMILES string of the molecule is c1ccc(-c2noc([C@@H]3Cc4nc[nH]c4CN3CC3CCCCC3)n2)cc1. The molecule has 1 aromatic carbocycles. The Morgan fingerprint density at radius 1 is 1.11 bits per heavy atom. The zero-order valence-corrected chi connectivity index (χ0v) is 15.5. The van der Waals surface area contributed by atoms with Gasteiger partial charge >= 0.3 is 0 Å². The molecule has 140 valence electrons. The van der Waals surface area contributed by atoms with E-state index in [1.54, 1.807) is 6.33 Å². The van der Waals surface area contributed by atoms with Gasteiger partial charge in [0.2, 0.25) is 11.7 Å². The maximum absolute atomic E-state index is 5.73. The van der Waals surface area contributed by atoms with E-state index in [1.807, 2.05) is 30.3 Å². The molecule has 5 rings (SSSR count). The normalized spacial score (nSPS) is 21.3. The van der Waals surface area contributed by atoms with Gasteiger partial charge in [-0.25, -0.2) is 4.98 Å². The fraction of sp³-hybridized carbons (Fsp3) is 0.476. The average molecular weight is 363 g/mol. The number of H-pyrrole nitrogens is 1. The van der Waals surface area contributed by atoms with Crippen LogP contribution in [0.2, 0.25) is 0 Å². The van der Waals surface area contributed by atoms with E-state index in [0.29, 0.717) is 11.7 Å². The summed E-state index contributed by atoms with van der Waals surface area (Å²) in [6, 6.07) is 10.1. The third-order valence-electron chi connectivity index (χ3n) is 5.97. The number of aromatic nitrogens is 4. The minimum Gasteiger partial charge on any atom is -0.347 e. The number of aromatic amines is 1. The molecule has 1 aliphatic heterocycles. The van der Waals surface area contributed by atoms with Crippen molar-refractivity contribution in [1.82, 2.24) is 25.0 Å². The minimum atomic E-state index is 0.104. The Labute approximate surface area is 159 Å². The highest BCUT2D eigenvalue weighted by molar-refractivity contribution is 5.53. The molecule has 1 aliphatic carbocycles. The zero-order valence-electron chi connectivity index (χ0n) is 15.5. The number of rotatable bonds is 4. The molecule has 0 unspecified atom stereocenters. The molecule has 1 saturated carbocycles. The number of benzene rings is 1. The molecule has 1 atom stereocenters. The molecule has 6 nitrogen and oxygen atoms in total. The minimum absolute atomic E-state index is 0.104. The van der Waals surface area contributed by atoms with Crippen molar-refractivity contribution in [2.24, 2.45) is 5.92 Å². The molecule has 0 spiro atoms. The largest absolute Gasteiger partial charge is 0.347 e. The van der Waals surface area contributed by atoms with Gasteiger partial charge in [-0.15, -0.1) is 0 Å². The summed E-state index contributed by atoms with van der Waals surface area (Å²) >= 11 is 0. The van der Waals surface area contributed by atoms with Gasteiger partial charge in [0.15, 0.2) is 0 Å². The van der Waals surface area contributed by atoms with Crippen LogP contribution < -0.4 is 0 Å². The maximum atomic E-state index is 5.73. The van der Waals surface area contributed by atoms with Crippen LogP contribution in [0.15, 0.2) is 41.2 Å². The Hall–Kier alpha value is -2.47. The molecule has 2 aliphatic rings. The predicted molar refractivity (Wildman–Crippen MR) is 102 cm³/mol. The summed E-state index contributed by atoms with van der Waals surface area (Å²) in [5.41, 5.74) is 3.34. The fourth-order valence-corrected chi connectivity index (χ4v) is 4.50. The van der Waals surface area contributed by atoms with Gasteiger partial charge in [-0.05, 0) is 18.8 Å².